The molecule has 0 fully saturated rings. The highest BCUT2D eigenvalue weighted by Gasteiger charge is 2.06. The lowest BCUT2D eigenvalue weighted by atomic mass is 10.1. The van der Waals surface area contributed by atoms with Crippen LogP contribution in [0, 0.1) is 12.7 Å². The summed E-state index contributed by atoms with van der Waals surface area (Å²) in [7, 11) is 1.68. The number of nitrogens with one attached hydrogen (secondary N) is 3. The highest BCUT2D eigenvalue weighted by atomic mass is 127. The van der Waals surface area contributed by atoms with Crippen molar-refractivity contribution in [2.24, 2.45) is 4.99 Å². The van der Waals surface area contributed by atoms with E-state index < -0.39 is 0 Å². The summed E-state index contributed by atoms with van der Waals surface area (Å²) in [6, 6.07) is 12.6. The smallest absolute Gasteiger partial charge is 0.251 e. The molecule has 152 valence electrons. The molecule has 0 saturated carbocycles. The molecule has 0 unspecified atom stereocenters. The van der Waals surface area contributed by atoms with E-state index in [9.17, 15) is 9.18 Å². The number of carbonyl (C=O) groups excluding carboxylic acids is 1. The predicted molar refractivity (Wildman–Crippen MR) is 123 cm³/mol. The average molecular weight is 498 g/mol. The van der Waals surface area contributed by atoms with Gasteiger partial charge < -0.3 is 16.0 Å². The maximum Gasteiger partial charge on any atom is 0.251 e. The van der Waals surface area contributed by atoms with E-state index in [1.807, 2.05) is 31.2 Å². The van der Waals surface area contributed by atoms with Crippen molar-refractivity contribution in [1.29, 1.82) is 0 Å². The van der Waals surface area contributed by atoms with Gasteiger partial charge in [0.05, 0.1) is 0 Å². The van der Waals surface area contributed by atoms with Crippen LogP contribution >= 0.6 is 24.0 Å². The Morgan fingerprint density at radius 3 is 2.32 bits per heavy atom. The van der Waals surface area contributed by atoms with Crippen LogP contribution in [0.1, 0.15) is 40.4 Å². The van der Waals surface area contributed by atoms with Crippen molar-refractivity contribution in [3.8, 4) is 0 Å². The summed E-state index contributed by atoms with van der Waals surface area (Å²) in [4.78, 5) is 16.2. The number of halogens is 2. The molecule has 2 rings (SSSR count). The monoisotopic (exact) mass is 498 g/mol. The summed E-state index contributed by atoms with van der Waals surface area (Å²) in [5.74, 6) is 0.329. The number of amides is 1. The fourth-order valence-corrected chi connectivity index (χ4v) is 2.50. The highest BCUT2D eigenvalue weighted by Crippen LogP contribution is 2.09. The van der Waals surface area contributed by atoms with Gasteiger partial charge in [-0.25, -0.2) is 4.39 Å². The number of aryl methyl sites for hydroxylation is 1. The lowest BCUT2D eigenvalue weighted by molar-refractivity contribution is 0.0953. The molecule has 0 aliphatic rings. The maximum absolute atomic E-state index is 13.6. The van der Waals surface area contributed by atoms with E-state index in [0.29, 0.717) is 36.7 Å². The minimum Gasteiger partial charge on any atom is -0.352 e. The Bertz CT molecular complexity index is 811. The zero-order valence-electron chi connectivity index (χ0n) is 16.5. The molecule has 0 aliphatic carbocycles. The molecule has 28 heavy (non-hydrogen) atoms. The second-order valence-corrected chi connectivity index (χ2v) is 6.32. The third-order valence-corrected chi connectivity index (χ3v) is 4.10. The number of hydrogen-bond donors (Lipinski definition) is 3. The van der Waals surface area contributed by atoms with Gasteiger partial charge in [-0.15, -0.1) is 24.0 Å². The lowest BCUT2D eigenvalue weighted by Gasteiger charge is -2.13. The Balaban J connectivity index is 0.00000392. The molecule has 0 radical (unpaired) electrons. The van der Waals surface area contributed by atoms with Crippen molar-refractivity contribution in [3.63, 3.8) is 0 Å². The first-order chi connectivity index (χ1) is 13.0. The van der Waals surface area contributed by atoms with Crippen LogP contribution in [0.25, 0.3) is 0 Å². The first-order valence-electron chi connectivity index (χ1n) is 9.10. The topological polar surface area (TPSA) is 65.5 Å². The fraction of sp³-hybridized carbons (Fsp3) is 0.333. The number of carbonyl (C=O) groups is 1. The van der Waals surface area contributed by atoms with Crippen LogP contribution in [0.4, 0.5) is 4.39 Å². The van der Waals surface area contributed by atoms with Crippen molar-refractivity contribution in [2.45, 2.75) is 33.4 Å². The number of rotatable bonds is 7. The molecule has 0 saturated heterocycles. The van der Waals surface area contributed by atoms with Gasteiger partial charge in [0.25, 0.3) is 5.91 Å². The van der Waals surface area contributed by atoms with Crippen molar-refractivity contribution < 1.29 is 9.18 Å². The molecule has 0 aromatic heterocycles. The number of guanidine groups is 1. The van der Waals surface area contributed by atoms with E-state index in [4.69, 9.17) is 0 Å². The van der Waals surface area contributed by atoms with Crippen LogP contribution in [0.5, 0.6) is 0 Å². The molecule has 0 aliphatic heterocycles. The highest BCUT2D eigenvalue weighted by molar-refractivity contribution is 14.0. The molecule has 1 amide bonds. The van der Waals surface area contributed by atoms with Crippen molar-refractivity contribution >= 4 is 35.8 Å². The summed E-state index contributed by atoms with van der Waals surface area (Å²) < 4.78 is 13.6. The van der Waals surface area contributed by atoms with Gasteiger partial charge in [0.2, 0.25) is 0 Å². The van der Waals surface area contributed by atoms with Crippen molar-refractivity contribution in [3.05, 3.63) is 70.5 Å². The first kappa shape index (κ1) is 23.9. The van der Waals surface area contributed by atoms with E-state index in [2.05, 4.69) is 20.9 Å². The van der Waals surface area contributed by atoms with Crippen LogP contribution in [-0.4, -0.2) is 25.5 Å². The third-order valence-electron chi connectivity index (χ3n) is 4.10. The van der Waals surface area contributed by atoms with Gasteiger partial charge in [-0.3, -0.25) is 9.79 Å². The van der Waals surface area contributed by atoms with Gasteiger partial charge in [0, 0.05) is 32.2 Å². The molecule has 2 aromatic carbocycles. The Hall–Kier alpha value is -2.16. The second-order valence-electron chi connectivity index (χ2n) is 6.32. The Labute approximate surface area is 183 Å². The van der Waals surface area contributed by atoms with Crippen LogP contribution in [0.15, 0.2) is 47.5 Å². The standard InChI is InChI=1S/C21H27FN4O.HI/c1-4-10-24-20(27)18-7-5-6-16(11-18)13-25-21(23-3)26-14-17-9-8-15(2)19(22)12-17;/h5-9,11-12H,4,10,13-14H2,1-3H3,(H,24,27)(H2,23,25,26);1H. The molecule has 7 heteroatoms. The Kier molecular flexibility index (Phi) is 10.5. The zero-order valence-corrected chi connectivity index (χ0v) is 18.8. The van der Waals surface area contributed by atoms with Gasteiger partial charge in [-0.05, 0) is 48.2 Å². The average Bonchev–Trinajstić information content (AvgIpc) is 2.69. The minimum atomic E-state index is -0.213. The summed E-state index contributed by atoms with van der Waals surface area (Å²) in [5.41, 5.74) is 3.09. The van der Waals surface area contributed by atoms with Crippen LogP contribution in [-0.2, 0) is 13.1 Å². The molecule has 5 nitrogen and oxygen atoms in total. The lowest BCUT2D eigenvalue weighted by Crippen LogP contribution is -2.36. The van der Waals surface area contributed by atoms with Crippen LogP contribution < -0.4 is 16.0 Å². The maximum atomic E-state index is 13.6. The van der Waals surface area contributed by atoms with E-state index in [0.717, 1.165) is 17.5 Å². The molecule has 2 aromatic rings. The van der Waals surface area contributed by atoms with Crippen molar-refractivity contribution in [1.82, 2.24) is 16.0 Å². The fourth-order valence-electron chi connectivity index (χ4n) is 2.50. The number of nitrogens with zero attached hydrogens (tertiary/aromatic N) is 1. The SMILES string of the molecule is CCCNC(=O)c1cccc(CNC(=NC)NCc2ccc(C)c(F)c2)c1.I. The van der Waals surface area contributed by atoms with E-state index in [1.54, 1.807) is 26.1 Å². The van der Waals surface area contributed by atoms with E-state index in [1.165, 1.54) is 6.07 Å². The van der Waals surface area contributed by atoms with E-state index >= 15 is 0 Å². The summed E-state index contributed by atoms with van der Waals surface area (Å²) >= 11 is 0. The normalized spacial score (nSPS) is 10.8. The van der Waals surface area contributed by atoms with Gasteiger partial charge >= 0.3 is 0 Å². The number of aliphatic imine (C=N–C) groups is 1. The molecule has 0 heterocycles. The van der Waals surface area contributed by atoms with Gasteiger partial charge in [-0.2, -0.15) is 0 Å². The molecular formula is C21H28FIN4O. The van der Waals surface area contributed by atoms with Gasteiger partial charge in [0.15, 0.2) is 5.96 Å². The van der Waals surface area contributed by atoms with Crippen LogP contribution in [0.2, 0.25) is 0 Å². The Morgan fingerprint density at radius 2 is 1.71 bits per heavy atom. The van der Waals surface area contributed by atoms with Gasteiger partial charge in [0.1, 0.15) is 5.82 Å². The Morgan fingerprint density at radius 1 is 1.04 bits per heavy atom. The van der Waals surface area contributed by atoms with E-state index in [-0.39, 0.29) is 35.7 Å². The number of benzene rings is 2. The minimum absolute atomic E-state index is 0. The first-order valence-corrected chi connectivity index (χ1v) is 9.10. The summed E-state index contributed by atoms with van der Waals surface area (Å²) in [6.45, 7) is 5.42. The molecular weight excluding hydrogens is 470 g/mol. The summed E-state index contributed by atoms with van der Waals surface area (Å²) in [6.07, 6.45) is 0.903. The molecule has 0 atom stereocenters. The zero-order chi connectivity index (χ0) is 19.6. The quantitative estimate of drug-likeness (QED) is 0.310. The molecule has 3 N–H and O–H groups in total. The van der Waals surface area contributed by atoms with Gasteiger partial charge in [-0.1, -0.05) is 31.2 Å². The molecule has 0 bridgehead atoms. The number of hydrogen-bond acceptors (Lipinski definition) is 2. The second kappa shape index (κ2) is 12.3. The van der Waals surface area contributed by atoms with Crippen LogP contribution in [0.3, 0.4) is 0 Å². The van der Waals surface area contributed by atoms with Crippen molar-refractivity contribution in [2.75, 3.05) is 13.6 Å². The largest absolute Gasteiger partial charge is 0.352 e. The third kappa shape index (κ3) is 7.46. The summed E-state index contributed by atoms with van der Waals surface area (Å²) in [5, 5.41) is 9.24. The molecule has 0 spiro atoms. The predicted octanol–water partition coefficient (Wildman–Crippen LogP) is 3.76.